The molecule has 0 amide bonds. The maximum atomic E-state index is 9.37. The monoisotopic (exact) mass is 360 g/mol. The summed E-state index contributed by atoms with van der Waals surface area (Å²) in [5, 5.41) is 9.37. The molecule has 0 spiro atoms. The van der Waals surface area contributed by atoms with Gasteiger partial charge in [0.2, 0.25) is 0 Å². The second kappa shape index (κ2) is 21.4. The molecule has 0 aliphatic carbocycles. The minimum absolute atomic E-state index is 0.115. The van der Waals surface area contributed by atoms with Crippen LogP contribution in [0.2, 0.25) is 0 Å². The lowest BCUT2D eigenvalue weighted by Gasteiger charge is -2.11. The van der Waals surface area contributed by atoms with E-state index in [9.17, 15) is 5.11 Å². The summed E-state index contributed by atoms with van der Waals surface area (Å²) >= 11 is 0. The zero-order valence-corrected chi connectivity index (χ0v) is 19.1. The van der Waals surface area contributed by atoms with Gasteiger partial charge in [0.15, 0.2) is 0 Å². The average Bonchev–Trinajstić information content (AvgIpc) is 2.75. The zero-order valence-electron chi connectivity index (χ0n) is 19.1. The fourth-order valence-corrected chi connectivity index (χ4v) is 2.35. The van der Waals surface area contributed by atoms with Crippen LogP contribution >= 0.6 is 0 Å². The normalized spacial score (nSPS) is 8.27. The molecule has 0 bridgehead atoms. The largest absolute Gasteiger partial charge is 0.392 e. The average molecular weight is 361 g/mol. The highest BCUT2D eigenvalue weighted by molar-refractivity contribution is 5.38. The third-order valence-electron chi connectivity index (χ3n) is 3.41. The molecule has 1 heteroatoms. The lowest BCUT2D eigenvalue weighted by atomic mass is 9.94. The summed E-state index contributed by atoms with van der Waals surface area (Å²) in [6.45, 7) is 20.4. The quantitative estimate of drug-likeness (QED) is 0.591. The molecule has 150 valence electrons. The third-order valence-corrected chi connectivity index (χ3v) is 3.41. The van der Waals surface area contributed by atoms with Gasteiger partial charge in [0, 0.05) is 0 Å². The summed E-state index contributed by atoms with van der Waals surface area (Å²) in [5.41, 5.74) is 6.33. The van der Waals surface area contributed by atoms with E-state index in [1.807, 2.05) is 73.6 Å². The molecule has 0 fully saturated rings. The van der Waals surface area contributed by atoms with E-state index in [1.54, 1.807) is 0 Å². The van der Waals surface area contributed by atoms with E-state index < -0.39 is 0 Å². The molecule has 1 N–H and O–H groups in total. The van der Waals surface area contributed by atoms with Crippen LogP contribution in [0.25, 0.3) is 0 Å². The van der Waals surface area contributed by atoms with Crippen LogP contribution < -0.4 is 0 Å². The predicted molar refractivity (Wildman–Crippen MR) is 121 cm³/mol. The van der Waals surface area contributed by atoms with Crippen molar-refractivity contribution in [1.82, 2.24) is 0 Å². The lowest BCUT2D eigenvalue weighted by Crippen LogP contribution is -1.99. The lowest BCUT2D eigenvalue weighted by molar-refractivity contribution is 0.281. The number of hydrogen-bond donors (Lipinski definition) is 1. The fraction of sp³-hybridized carbons (Fsp3) is 0.520. The Morgan fingerprint density at radius 1 is 0.654 bits per heavy atom. The van der Waals surface area contributed by atoms with E-state index >= 15 is 0 Å². The van der Waals surface area contributed by atoms with Crippen molar-refractivity contribution in [2.45, 2.75) is 88.7 Å². The van der Waals surface area contributed by atoms with E-state index in [-0.39, 0.29) is 6.61 Å². The Labute approximate surface area is 164 Å². The minimum Gasteiger partial charge on any atom is -0.392 e. The summed E-state index contributed by atoms with van der Waals surface area (Å²) < 4.78 is 0. The van der Waals surface area contributed by atoms with Crippen LogP contribution in [0.3, 0.4) is 0 Å². The summed E-state index contributed by atoms with van der Waals surface area (Å²) in [5.74, 6) is 0. The standard InChI is InChI=1S/C17H20O.4C2H6/c1-3-14-10-13(2)8-9-16(14)11-15-6-4-5-7-17(15)12-18;4*1-2/h4-10,18H,3,11-12H2,1-2H3;4*1-2H3. The molecule has 0 heterocycles. The van der Waals surface area contributed by atoms with Gasteiger partial charge in [0.05, 0.1) is 6.61 Å². The SMILES string of the molecule is CC.CC.CC.CC.CCc1cc(C)ccc1Cc1ccccc1CO. The van der Waals surface area contributed by atoms with Crippen LogP contribution in [0, 0.1) is 6.92 Å². The van der Waals surface area contributed by atoms with E-state index in [4.69, 9.17) is 0 Å². The Hall–Kier alpha value is -1.60. The van der Waals surface area contributed by atoms with Crippen LogP contribution in [0.1, 0.15) is 90.1 Å². The highest BCUT2D eigenvalue weighted by atomic mass is 16.3. The topological polar surface area (TPSA) is 20.2 Å². The van der Waals surface area contributed by atoms with Gasteiger partial charge in [0.25, 0.3) is 0 Å². The highest BCUT2D eigenvalue weighted by Crippen LogP contribution is 2.19. The van der Waals surface area contributed by atoms with E-state index in [1.165, 1.54) is 22.3 Å². The number of aryl methyl sites for hydroxylation is 2. The maximum absolute atomic E-state index is 9.37. The fourth-order valence-electron chi connectivity index (χ4n) is 2.35. The number of hydrogen-bond acceptors (Lipinski definition) is 1. The molecule has 0 saturated carbocycles. The number of benzene rings is 2. The Morgan fingerprint density at radius 2 is 1.12 bits per heavy atom. The van der Waals surface area contributed by atoms with Gasteiger partial charge in [0.1, 0.15) is 0 Å². The Bertz CT molecular complexity index is 529. The Kier molecular flexibility index (Phi) is 24.1. The summed E-state index contributed by atoms with van der Waals surface area (Å²) in [6, 6.07) is 14.7. The first-order chi connectivity index (χ1) is 12.7. The van der Waals surface area contributed by atoms with Crippen LogP contribution in [0.4, 0.5) is 0 Å². The van der Waals surface area contributed by atoms with Gasteiger partial charge in [-0.25, -0.2) is 0 Å². The molecule has 0 saturated heterocycles. The van der Waals surface area contributed by atoms with Crippen molar-refractivity contribution in [3.05, 3.63) is 70.3 Å². The molecule has 0 atom stereocenters. The first kappa shape index (κ1) is 29.2. The third kappa shape index (κ3) is 11.1. The molecule has 2 rings (SSSR count). The molecule has 0 aliphatic heterocycles. The van der Waals surface area contributed by atoms with Gasteiger partial charge in [-0.1, -0.05) is 110 Å². The first-order valence-corrected chi connectivity index (χ1v) is 10.5. The van der Waals surface area contributed by atoms with Crippen LogP contribution in [-0.4, -0.2) is 5.11 Å². The summed E-state index contributed by atoms with van der Waals surface area (Å²) in [7, 11) is 0. The molecular weight excluding hydrogens is 316 g/mol. The molecule has 26 heavy (non-hydrogen) atoms. The van der Waals surface area contributed by atoms with Crippen LogP contribution in [0.5, 0.6) is 0 Å². The van der Waals surface area contributed by atoms with E-state index in [0.29, 0.717) is 0 Å². The van der Waals surface area contributed by atoms with Crippen molar-refractivity contribution in [2.24, 2.45) is 0 Å². The number of rotatable bonds is 4. The van der Waals surface area contributed by atoms with Crippen LogP contribution in [0.15, 0.2) is 42.5 Å². The summed E-state index contributed by atoms with van der Waals surface area (Å²) in [6.07, 6.45) is 1.96. The van der Waals surface area contributed by atoms with Gasteiger partial charge < -0.3 is 5.11 Å². The van der Waals surface area contributed by atoms with Crippen molar-refractivity contribution in [3.63, 3.8) is 0 Å². The van der Waals surface area contributed by atoms with E-state index in [0.717, 1.165) is 18.4 Å². The number of aliphatic hydroxyl groups is 1. The molecule has 1 nitrogen and oxygen atoms in total. The van der Waals surface area contributed by atoms with Gasteiger partial charge in [-0.2, -0.15) is 0 Å². The minimum atomic E-state index is 0.115. The second-order valence-electron chi connectivity index (χ2n) is 4.73. The molecule has 0 aromatic heterocycles. The van der Waals surface area contributed by atoms with Gasteiger partial charge in [-0.15, -0.1) is 0 Å². The Balaban J connectivity index is -0.000000585. The summed E-state index contributed by atoms with van der Waals surface area (Å²) in [4.78, 5) is 0. The molecular formula is C25H44O. The molecule has 2 aromatic carbocycles. The van der Waals surface area contributed by atoms with Crippen molar-refractivity contribution in [1.29, 1.82) is 0 Å². The number of aliphatic hydroxyl groups excluding tert-OH is 1. The molecule has 0 aliphatic rings. The van der Waals surface area contributed by atoms with Crippen molar-refractivity contribution < 1.29 is 5.11 Å². The van der Waals surface area contributed by atoms with Gasteiger partial charge in [-0.05, 0) is 42.0 Å². The smallest absolute Gasteiger partial charge is 0.0684 e. The molecule has 2 aromatic rings. The van der Waals surface area contributed by atoms with Crippen molar-refractivity contribution in [3.8, 4) is 0 Å². The zero-order chi connectivity index (χ0) is 21.0. The van der Waals surface area contributed by atoms with E-state index in [2.05, 4.69) is 38.1 Å². The van der Waals surface area contributed by atoms with Crippen LogP contribution in [-0.2, 0) is 19.4 Å². The highest BCUT2D eigenvalue weighted by Gasteiger charge is 2.05. The van der Waals surface area contributed by atoms with Crippen molar-refractivity contribution >= 4 is 0 Å². The Morgan fingerprint density at radius 3 is 1.58 bits per heavy atom. The second-order valence-corrected chi connectivity index (χ2v) is 4.73. The molecule has 0 radical (unpaired) electrons. The van der Waals surface area contributed by atoms with Crippen molar-refractivity contribution in [2.75, 3.05) is 0 Å². The first-order valence-electron chi connectivity index (χ1n) is 10.5. The molecule has 0 unspecified atom stereocenters. The van der Waals surface area contributed by atoms with Gasteiger partial charge in [-0.3, -0.25) is 0 Å². The predicted octanol–water partition coefficient (Wildman–Crippen LogP) is 7.75. The van der Waals surface area contributed by atoms with Gasteiger partial charge >= 0.3 is 0 Å². The maximum Gasteiger partial charge on any atom is 0.0684 e.